The summed E-state index contributed by atoms with van der Waals surface area (Å²) in [5, 5.41) is 3.19. The number of ether oxygens (including phenoxy) is 1. The minimum atomic E-state index is -0.306. The van der Waals surface area contributed by atoms with E-state index in [0.29, 0.717) is 13.0 Å². The standard InChI is InChI=1S/C12H19N3O2/c1-8(5-12(13)16)14-7-10-6-11(17-3)4-9(2)15-10/h4,6,8,14H,5,7H2,1-3H3,(H2,13,16). The molecule has 1 rings (SSSR count). The van der Waals surface area contributed by atoms with Crippen molar-refractivity contribution in [3.63, 3.8) is 0 Å². The minimum Gasteiger partial charge on any atom is -0.497 e. The highest BCUT2D eigenvalue weighted by molar-refractivity contribution is 5.74. The molecule has 1 unspecified atom stereocenters. The van der Waals surface area contributed by atoms with Crippen molar-refractivity contribution in [2.75, 3.05) is 7.11 Å². The molecule has 0 saturated carbocycles. The number of primary amides is 1. The van der Waals surface area contributed by atoms with Gasteiger partial charge in [0.05, 0.1) is 12.8 Å². The van der Waals surface area contributed by atoms with Crippen LogP contribution < -0.4 is 15.8 Å². The number of pyridine rings is 1. The van der Waals surface area contributed by atoms with Gasteiger partial charge in [-0.25, -0.2) is 0 Å². The van der Waals surface area contributed by atoms with Crippen LogP contribution in [0.4, 0.5) is 0 Å². The Hall–Kier alpha value is -1.62. The summed E-state index contributed by atoms with van der Waals surface area (Å²) >= 11 is 0. The second kappa shape index (κ2) is 6.20. The molecule has 17 heavy (non-hydrogen) atoms. The van der Waals surface area contributed by atoms with Crippen LogP contribution >= 0.6 is 0 Å². The van der Waals surface area contributed by atoms with Crippen LogP contribution in [0.25, 0.3) is 0 Å². The van der Waals surface area contributed by atoms with Crippen molar-refractivity contribution in [2.24, 2.45) is 5.73 Å². The molecule has 3 N–H and O–H groups in total. The summed E-state index contributed by atoms with van der Waals surface area (Å²) in [7, 11) is 1.63. The Kier molecular flexibility index (Phi) is 4.90. The lowest BCUT2D eigenvalue weighted by Gasteiger charge is -2.12. The van der Waals surface area contributed by atoms with E-state index in [0.717, 1.165) is 17.1 Å². The predicted octanol–water partition coefficient (Wildman–Crippen LogP) is 0.752. The maximum Gasteiger partial charge on any atom is 0.218 e. The molecule has 0 aromatic carbocycles. The Morgan fingerprint density at radius 2 is 2.29 bits per heavy atom. The van der Waals surface area contributed by atoms with E-state index in [1.165, 1.54) is 0 Å². The fourth-order valence-electron chi connectivity index (χ4n) is 1.56. The average Bonchev–Trinajstić information content (AvgIpc) is 2.24. The molecular weight excluding hydrogens is 218 g/mol. The van der Waals surface area contributed by atoms with Gasteiger partial charge in [0.2, 0.25) is 5.91 Å². The lowest BCUT2D eigenvalue weighted by molar-refractivity contribution is -0.118. The van der Waals surface area contributed by atoms with Gasteiger partial charge in [-0.05, 0) is 13.8 Å². The van der Waals surface area contributed by atoms with Gasteiger partial charge in [0.1, 0.15) is 5.75 Å². The van der Waals surface area contributed by atoms with Gasteiger partial charge in [0, 0.05) is 36.8 Å². The third kappa shape index (κ3) is 4.82. The molecule has 0 aliphatic heterocycles. The maximum atomic E-state index is 10.7. The molecular formula is C12H19N3O2. The van der Waals surface area contributed by atoms with Gasteiger partial charge in [-0.3, -0.25) is 9.78 Å². The number of rotatable bonds is 6. The first-order chi connectivity index (χ1) is 8.01. The van der Waals surface area contributed by atoms with E-state index in [4.69, 9.17) is 10.5 Å². The van der Waals surface area contributed by atoms with E-state index in [2.05, 4.69) is 10.3 Å². The van der Waals surface area contributed by atoms with Gasteiger partial charge >= 0.3 is 0 Å². The summed E-state index contributed by atoms with van der Waals surface area (Å²) in [4.78, 5) is 15.1. The van der Waals surface area contributed by atoms with Crippen molar-refractivity contribution in [3.05, 3.63) is 23.5 Å². The van der Waals surface area contributed by atoms with Crippen LogP contribution in [0, 0.1) is 6.92 Å². The topological polar surface area (TPSA) is 77.2 Å². The van der Waals surface area contributed by atoms with E-state index in [-0.39, 0.29) is 11.9 Å². The molecule has 5 heteroatoms. The molecule has 1 aromatic rings. The molecule has 0 aliphatic rings. The zero-order valence-corrected chi connectivity index (χ0v) is 10.5. The Bertz CT molecular complexity index is 393. The molecule has 1 amide bonds. The van der Waals surface area contributed by atoms with Crippen LogP contribution in [-0.2, 0) is 11.3 Å². The van der Waals surface area contributed by atoms with Crippen molar-refractivity contribution in [1.29, 1.82) is 0 Å². The maximum absolute atomic E-state index is 10.7. The fraction of sp³-hybridized carbons (Fsp3) is 0.500. The number of nitrogens with one attached hydrogen (secondary N) is 1. The highest BCUT2D eigenvalue weighted by Gasteiger charge is 2.06. The van der Waals surface area contributed by atoms with Gasteiger partial charge in [-0.1, -0.05) is 0 Å². The zero-order valence-electron chi connectivity index (χ0n) is 10.5. The SMILES string of the molecule is COc1cc(C)nc(CNC(C)CC(N)=O)c1. The summed E-state index contributed by atoms with van der Waals surface area (Å²) < 4.78 is 5.17. The summed E-state index contributed by atoms with van der Waals surface area (Å²) in [6.45, 7) is 4.42. The highest BCUT2D eigenvalue weighted by Crippen LogP contribution is 2.13. The molecule has 1 aromatic heterocycles. The molecule has 0 saturated heterocycles. The Morgan fingerprint density at radius 1 is 1.59 bits per heavy atom. The van der Waals surface area contributed by atoms with Crippen LogP contribution in [0.5, 0.6) is 5.75 Å². The molecule has 0 bridgehead atoms. The van der Waals surface area contributed by atoms with Crippen LogP contribution in [0.2, 0.25) is 0 Å². The number of hydrogen-bond acceptors (Lipinski definition) is 4. The summed E-state index contributed by atoms with van der Waals surface area (Å²) in [6.07, 6.45) is 0.322. The van der Waals surface area contributed by atoms with E-state index in [9.17, 15) is 4.79 Å². The van der Waals surface area contributed by atoms with Crippen LogP contribution in [0.3, 0.4) is 0 Å². The van der Waals surface area contributed by atoms with Crippen LogP contribution in [0.15, 0.2) is 12.1 Å². The molecule has 0 spiro atoms. The van der Waals surface area contributed by atoms with Crippen LogP contribution in [0.1, 0.15) is 24.7 Å². The van der Waals surface area contributed by atoms with E-state index in [1.54, 1.807) is 7.11 Å². The summed E-state index contributed by atoms with van der Waals surface area (Å²) in [5.74, 6) is 0.483. The first-order valence-corrected chi connectivity index (χ1v) is 5.54. The monoisotopic (exact) mass is 237 g/mol. The molecule has 94 valence electrons. The number of nitrogens with zero attached hydrogens (tertiary/aromatic N) is 1. The third-order valence-electron chi connectivity index (χ3n) is 2.35. The number of aryl methyl sites for hydroxylation is 1. The Labute approximate surface area is 101 Å². The molecule has 1 heterocycles. The zero-order chi connectivity index (χ0) is 12.8. The quantitative estimate of drug-likeness (QED) is 0.765. The van der Waals surface area contributed by atoms with Crippen molar-refractivity contribution in [2.45, 2.75) is 32.9 Å². The van der Waals surface area contributed by atoms with Gasteiger partial charge in [0.25, 0.3) is 0 Å². The van der Waals surface area contributed by atoms with Crippen LogP contribution in [-0.4, -0.2) is 24.0 Å². The Morgan fingerprint density at radius 3 is 2.88 bits per heavy atom. The third-order valence-corrected chi connectivity index (χ3v) is 2.35. The number of amides is 1. The lowest BCUT2D eigenvalue weighted by atomic mass is 10.2. The van der Waals surface area contributed by atoms with Crippen molar-refractivity contribution in [1.82, 2.24) is 10.3 Å². The lowest BCUT2D eigenvalue weighted by Crippen LogP contribution is -2.30. The first-order valence-electron chi connectivity index (χ1n) is 5.54. The number of methoxy groups -OCH3 is 1. The predicted molar refractivity (Wildman–Crippen MR) is 65.6 cm³/mol. The smallest absolute Gasteiger partial charge is 0.218 e. The number of nitrogens with two attached hydrogens (primary N) is 1. The highest BCUT2D eigenvalue weighted by atomic mass is 16.5. The first kappa shape index (κ1) is 13.4. The van der Waals surface area contributed by atoms with E-state index in [1.807, 2.05) is 26.0 Å². The summed E-state index contributed by atoms with van der Waals surface area (Å²) in [6, 6.07) is 3.79. The number of carbonyl (C=O) groups is 1. The summed E-state index contributed by atoms with van der Waals surface area (Å²) in [5.41, 5.74) is 6.91. The van der Waals surface area contributed by atoms with Crippen molar-refractivity contribution >= 4 is 5.91 Å². The van der Waals surface area contributed by atoms with Crippen molar-refractivity contribution < 1.29 is 9.53 Å². The molecule has 0 aliphatic carbocycles. The largest absolute Gasteiger partial charge is 0.497 e. The van der Waals surface area contributed by atoms with E-state index >= 15 is 0 Å². The number of carbonyl (C=O) groups excluding carboxylic acids is 1. The van der Waals surface area contributed by atoms with E-state index < -0.39 is 0 Å². The van der Waals surface area contributed by atoms with Crippen molar-refractivity contribution in [3.8, 4) is 5.75 Å². The fourth-order valence-corrected chi connectivity index (χ4v) is 1.56. The molecule has 1 atom stereocenters. The van der Waals surface area contributed by atoms with Gasteiger partial charge in [-0.15, -0.1) is 0 Å². The number of hydrogen-bond donors (Lipinski definition) is 2. The average molecular weight is 237 g/mol. The second-order valence-electron chi connectivity index (χ2n) is 4.09. The second-order valence-corrected chi connectivity index (χ2v) is 4.09. The minimum absolute atomic E-state index is 0.0424. The van der Waals surface area contributed by atoms with Gasteiger partial charge in [0.15, 0.2) is 0 Å². The number of aromatic nitrogens is 1. The molecule has 0 fully saturated rings. The van der Waals surface area contributed by atoms with Gasteiger partial charge < -0.3 is 15.8 Å². The molecule has 5 nitrogen and oxygen atoms in total. The molecule has 0 radical (unpaired) electrons. The Balaban J connectivity index is 2.56. The normalized spacial score (nSPS) is 12.2. The van der Waals surface area contributed by atoms with Gasteiger partial charge in [-0.2, -0.15) is 0 Å².